The van der Waals surface area contributed by atoms with Gasteiger partial charge in [-0.2, -0.15) is 0 Å². The highest BCUT2D eigenvalue weighted by atomic mass is 19.1. The van der Waals surface area contributed by atoms with Gasteiger partial charge in [0.25, 0.3) is 0 Å². The molecule has 1 atom stereocenters. The lowest BCUT2D eigenvalue weighted by atomic mass is 10.0. The van der Waals surface area contributed by atoms with Crippen molar-refractivity contribution in [3.8, 4) is 11.1 Å². The number of halogens is 2. The third-order valence-electron chi connectivity index (χ3n) is 5.39. The van der Waals surface area contributed by atoms with Gasteiger partial charge in [0.15, 0.2) is 0 Å². The normalized spacial score (nSPS) is 15.4. The van der Waals surface area contributed by atoms with E-state index in [4.69, 9.17) is 9.47 Å². The molecule has 0 bridgehead atoms. The molecule has 0 aliphatic carbocycles. The Hall–Kier alpha value is -3.69. The molecule has 1 fully saturated rings. The van der Waals surface area contributed by atoms with Crippen LogP contribution in [-0.4, -0.2) is 61.6 Å². The third-order valence-corrected chi connectivity index (χ3v) is 5.39. The molecule has 0 radical (unpaired) electrons. The molecule has 2 aromatic rings. The Morgan fingerprint density at radius 2 is 1.86 bits per heavy atom. The number of hydrogen-bond acceptors (Lipinski definition) is 6. The molecule has 8 nitrogen and oxygen atoms in total. The smallest absolute Gasteiger partial charge is 0.415 e. The fourth-order valence-electron chi connectivity index (χ4n) is 3.66. The number of nitrogens with zero attached hydrogens (tertiary/aromatic N) is 2. The average Bonchev–Trinajstić information content (AvgIpc) is 3.22. The topological polar surface area (TPSA) is 85.4 Å². The van der Waals surface area contributed by atoms with Gasteiger partial charge in [-0.25, -0.2) is 18.8 Å². The summed E-state index contributed by atoms with van der Waals surface area (Å²) in [6.07, 6.45) is -2.16. The van der Waals surface area contributed by atoms with Gasteiger partial charge in [0.1, 0.15) is 11.4 Å². The molecule has 194 valence electrons. The summed E-state index contributed by atoms with van der Waals surface area (Å²) in [6.45, 7) is 5.08. The minimum atomic E-state index is -1.07. The zero-order valence-corrected chi connectivity index (χ0v) is 20.8. The van der Waals surface area contributed by atoms with Crippen molar-refractivity contribution in [2.75, 3.05) is 31.8 Å². The van der Waals surface area contributed by atoms with Gasteiger partial charge in [0, 0.05) is 18.7 Å². The van der Waals surface area contributed by atoms with Crippen LogP contribution in [0.2, 0.25) is 0 Å². The minimum Gasteiger partial charge on any atom is -0.466 e. The molecule has 0 unspecified atom stereocenters. The SMILES string of the molecule is COC(=O)[C@H]1CN(c2ccc(-c3ccc(CN(CCCF)C(=O)OC(C)(C)C)cc3)c(F)c2)C(=O)O1. The van der Waals surface area contributed by atoms with E-state index < -0.39 is 42.4 Å². The maximum Gasteiger partial charge on any atom is 0.415 e. The van der Waals surface area contributed by atoms with Crippen molar-refractivity contribution in [2.45, 2.75) is 45.4 Å². The second-order valence-electron chi connectivity index (χ2n) is 9.31. The summed E-state index contributed by atoms with van der Waals surface area (Å²) in [6, 6.07) is 11.2. The summed E-state index contributed by atoms with van der Waals surface area (Å²) in [5.74, 6) is -1.24. The summed E-state index contributed by atoms with van der Waals surface area (Å²) >= 11 is 0. The zero-order valence-electron chi connectivity index (χ0n) is 20.8. The van der Waals surface area contributed by atoms with Crippen LogP contribution in [0.1, 0.15) is 32.8 Å². The van der Waals surface area contributed by atoms with E-state index in [0.29, 0.717) is 11.1 Å². The fraction of sp³-hybridized carbons (Fsp3) is 0.423. The van der Waals surface area contributed by atoms with E-state index in [1.165, 1.54) is 29.0 Å². The lowest BCUT2D eigenvalue weighted by Crippen LogP contribution is -2.37. The van der Waals surface area contributed by atoms with Crippen molar-refractivity contribution in [1.82, 2.24) is 4.90 Å². The Balaban J connectivity index is 1.73. The number of alkyl halides is 1. The molecule has 0 saturated carbocycles. The first-order valence-electron chi connectivity index (χ1n) is 11.5. The number of methoxy groups -OCH3 is 1. The van der Waals surface area contributed by atoms with Crippen LogP contribution in [0.5, 0.6) is 0 Å². The predicted octanol–water partition coefficient (Wildman–Crippen LogP) is 5.09. The Morgan fingerprint density at radius 3 is 2.44 bits per heavy atom. The number of carbonyl (C=O) groups is 3. The van der Waals surface area contributed by atoms with Crippen LogP contribution in [0.15, 0.2) is 42.5 Å². The minimum absolute atomic E-state index is 0.0739. The van der Waals surface area contributed by atoms with Crippen LogP contribution in [-0.2, 0) is 25.5 Å². The summed E-state index contributed by atoms with van der Waals surface area (Å²) in [5.41, 5.74) is 1.25. The molecule has 0 spiro atoms. The molecule has 2 amide bonds. The van der Waals surface area contributed by atoms with E-state index >= 15 is 0 Å². The highest BCUT2D eigenvalue weighted by molar-refractivity contribution is 5.94. The van der Waals surface area contributed by atoms with Crippen LogP contribution < -0.4 is 4.90 Å². The first kappa shape index (κ1) is 26.9. The van der Waals surface area contributed by atoms with Gasteiger partial charge in [-0.3, -0.25) is 9.29 Å². The number of rotatable bonds is 8. The van der Waals surface area contributed by atoms with Gasteiger partial charge in [-0.05, 0) is 56.5 Å². The van der Waals surface area contributed by atoms with Gasteiger partial charge in [0.05, 0.1) is 26.0 Å². The van der Waals surface area contributed by atoms with Crippen LogP contribution in [0.3, 0.4) is 0 Å². The second kappa shape index (κ2) is 11.4. The highest BCUT2D eigenvalue weighted by Gasteiger charge is 2.38. The Bertz CT molecular complexity index is 1100. The average molecular weight is 505 g/mol. The van der Waals surface area contributed by atoms with Gasteiger partial charge >= 0.3 is 18.2 Å². The molecule has 3 rings (SSSR count). The lowest BCUT2D eigenvalue weighted by molar-refractivity contribution is -0.148. The van der Waals surface area contributed by atoms with Crippen molar-refractivity contribution in [3.05, 3.63) is 53.8 Å². The number of hydrogen-bond donors (Lipinski definition) is 0. The zero-order chi connectivity index (χ0) is 26.5. The quantitative estimate of drug-likeness (QED) is 0.368. The van der Waals surface area contributed by atoms with Crippen LogP contribution in [0.4, 0.5) is 24.1 Å². The fourth-order valence-corrected chi connectivity index (χ4v) is 3.66. The molecular weight excluding hydrogens is 474 g/mol. The summed E-state index contributed by atoms with van der Waals surface area (Å²) in [4.78, 5) is 38.9. The predicted molar refractivity (Wildman–Crippen MR) is 129 cm³/mol. The van der Waals surface area contributed by atoms with Crippen molar-refractivity contribution in [1.29, 1.82) is 0 Å². The molecule has 0 aromatic heterocycles. The molecule has 2 aromatic carbocycles. The molecule has 0 N–H and O–H groups in total. The van der Waals surface area contributed by atoms with Crippen LogP contribution in [0, 0.1) is 5.82 Å². The molecule has 1 heterocycles. The van der Waals surface area contributed by atoms with Crippen molar-refractivity contribution in [3.63, 3.8) is 0 Å². The number of ether oxygens (including phenoxy) is 3. The van der Waals surface area contributed by atoms with E-state index in [1.54, 1.807) is 51.1 Å². The first-order chi connectivity index (χ1) is 17.0. The van der Waals surface area contributed by atoms with Crippen molar-refractivity contribution in [2.24, 2.45) is 0 Å². The molecule has 36 heavy (non-hydrogen) atoms. The van der Waals surface area contributed by atoms with E-state index in [1.807, 2.05) is 0 Å². The Morgan fingerprint density at radius 1 is 1.17 bits per heavy atom. The van der Waals surface area contributed by atoms with E-state index in [0.717, 1.165) is 5.56 Å². The first-order valence-corrected chi connectivity index (χ1v) is 11.5. The summed E-state index contributed by atoms with van der Waals surface area (Å²) < 4.78 is 42.7. The van der Waals surface area contributed by atoms with Gasteiger partial charge in [0.2, 0.25) is 6.10 Å². The number of carbonyl (C=O) groups excluding carboxylic acids is 3. The Kier molecular flexibility index (Phi) is 8.49. The number of cyclic esters (lactones) is 1. The number of anilines is 1. The van der Waals surface area contributed by atoms with E-state index in [2.05, 4.69) is 4.74 Å². The number of esters is 1. The highest BCUT2D eigenvalue weighted by Crippen LogP contribution is 2.29. The molecule has 10 heteroatoms. The van der Waals surface area contributed by atoms with Crippen molar-refractivity contribution >= 4 is 23.8 Å². The molecular formula is C26H30F2N2O6. The molecule has 1 aliphatic rings. The number of benzene rings is 2. The van der Waals surface area contributed by atoms with Gasteiger partial charge in [-0.15, -0.1) is 0 Å². The van der Waals surface area contributed by atoms with Gasteiger partial charge < -0.3 is 19.1 Å². The van der Waals surface area contributed by atoms with Gasteiger partial charge in [-0.1, -0.05) is 24.3 Å². The lowest BCUT2D eigenvalue weighted by Gasteiger charge is -2.27. The summed E-state index contributed by atoms with van der Waals surface area (Å²) in [7, 11) is 1.19. The third kappa shape index (κ3) is 6.71. The molecule has 1 saturated heterocycles. The number of amides is 2. The maximum atomic E-state index is 15.0. The monoisotopic (exact) mass is 504 g/mol. The van der Waals surface area contributed by atoms with E-state index in [-0.39, 0.29) is 31.7 Å². The van der Waals surface area contributed by atoms with Crippen LogP contribution >= 0.6 is 0 Å². The second-order valence-corrected chi connectivity index (χ2v) is 9.31. The van der Waals surface area contributed by atoms with E-state index in [9.17, 15) is 23.2 Å². The standard InChI is InChI=1S/C26H30F2N2O6/c1-26(2,3)36-24(32)29(13-5-12-27)15-17-6-8-18(9-7-17)20-11-10-19(14-21(20)28)30-16-22(23(31)34-4)35-25(30)33/h6-11,14,22H,5,12-13,15-16H2,1-4H3/t22-/m1/s1. The summed E-state index contributed by atoms with van der Waals surface area (Å²) in [5, 5.41) is 0. The van der Waals surface area contributed by atoms with Crippen molar-refractivity contribution < 1.29 is 37.4 Å². The maximum absolute atomic E-state index is 15.0. The largest absolute Gasteiger partial charge is 0.466 e. The Labute approximate surface area is 208 Å². The van der Waals surface area contributed by atoms with Crippen LogP contribution in [0.25, 0.3) is 11.1 Å². The molecule has 1 aliphatic heterocycles.